The fraction of sp³-hybridized carbons (Fsp3) is 0.255. The largest absolute Gasteiger partial charge is 0.494 e. The molecule has 388 valence electrons. The number of hydrogen-bond acceptors (Lipinski definition) is 12. The van der Waals surface area contributed by atoms with Crippen LogP contribution in [0.15, 0.2) is 127 Å². The number of aliphatic hydroxyl groups is 2. The van der Waals surface area contributed by atoms with Crippen LogP contribution in [0, 0.1) is 0 Å². The molecule has 22 heteroatoms. The number of alkyl halides is 10. The molecule has 0 saturated carbocycles. The summed E-state index contributed by atoms with van der Waals surface area (Å²) in [5.74, 6) is -17.7. The van der Waals surface area contributed by atoms with Crippen molar-refractivity contribution in [1.29, 1.82) is 0 Å². The molecule has 0 bridgehead atoms. The fourth-order valence-corrected chi connectivity index (χ4v) is 6.57. The minimum Gasteiger partial charge on any atom is -0.494 e. The first kappa shape index (κ1) is 56.2. The lowest BCUT2D eigenvalue weighted by Crippen LogP contribution is -2.44. The summed E-state index contributed by atoms with van der Waals surface area (Å²) in [6.07, 6.45) is -11.5. The third kappa shape index (κ3) is 16.1. The molecular formula is C51H44F10N2O10. The lowest BCUT2D eigenvalue weighted by molar-refractivity contribution is -0.284. The number of nitrogen functional groups attached to an aromatic ring is 2. The van der Waals surface area contributed by atoms with Gasteiger partial charge in [0.15, 0.2) is 5.78 Å². The van der Waals surface area contributed by atoms with Crippen LogP contribution in [-0.2, 0) is 9.59 Å². The molecule has 0 fully saturated rings. The zero-order valence-electron chi connectivity index (χ0n) is 37.9. The molecule has 1 unspecified atom stereocenters. The van der Waals surface area contributed by atoms with E-state index in [9.17, 15) is 73.3 Å². The Labute approximate surface area is 409 Å². The van der Waals surface area contributed by atoms with Gasteiger partial charge >= 0.3 is 36.1 Å². The molecule has 0 aliphatic heterocycles. The standard InChI is InChI=1S/C51H44F10N2O10/c52-47(53,50(56,57)58)23-1-25-70-39-14-18-41(19-15-39)72-45(66)33-9-3-31(4-10-33)7-13-38(64)30-43(35-27-36(62)29-37(63)28-35)49(68,69)44(65)22-8-32-5-11-34(12-6-32)46(67)73-42-20-16-40(17-21-42)71-26-2-24-48(54,55)51(59,60)61/h3-22,27-29,43,68-69H,1-2,23-26,30,62-63H2. The number of allylic oxidation sites excluding steroid dienone is 1. The predicted octanol–water partition coefficient (Wildman–Crippen LogP) is 10.7. The summed E-state index contributed by atoms with van der Waals surface area (Å²) in [5, 5.41) is 22.7. The smallest absolute Gasteiger partial charge is 0.453 e. The summed E-state index contributed by atoms with van der Waals surface area (Å²) in [6.45, 7) is -0.848. The maximum Gasteiger partial charge on any atom is 0.453 e. The first-order chi connectivity index (χ1) is 34.1. The summed E-state index contributed by atoms with van der Waals surface area (Å²) in [6, 6.07) is 25.7. The first-order valence-corrected chi connectivity index (χ1v) is 21.7. The van der Waals surface area contributed by atoms with Gasteiger partial charge in [-0.2, -0.15) is 43.9 Å². The van der Waals surface area contributed by atoms with Crippen LogP contribution < -0.4 is 30.4 Å². The third-order valence-electron chi connectivity index (χ3n) is 10.5. The predicted molar refractivity (Wildman–Crippen MR) is 245 cm³/mol. The average Bonchev–Trinajstić information content (AvgIpc) is 3.32. The number of ketones is 2. The fourth-order valence-electron chi connectivity index (χ4n) is 6.57. The van der Waals surface area contributed by atoms with Crippen LogP contribution in [0.1, 0.15) is 75.4 Å². The number of benzene rings is 5. The average molecular weight is 1030 g/mol. The molecule has 0 radical (unpaired) electrons. The topological polar surface area (TPSA) is 198 Å². The molecule has 5 aromatic carbocycles. The van der Waals surface area contributed by atoms with Gasteiger partial charge in [0.2, 0.25) is 11.6 Å². The van der Waals surface area contributed by atoms with Crippen molar-refractivity contribution in [2.75, 3.05) is 24.7 Å². The van der Waals surface area contributed by atoms with Gasteiger partial charge < -0.3 is 40.6 Å². The molecule has 0 aliphatic carbocycles. The van der Waals surface area contributed by atoms with Crippen LogP contribution in [0.3, 0.4) is 0 Å². The van der Waals surface area contributed by atoms with E-state index < -0.39 is 105 Å². The monoisotopic (exact) mass is 1030 g/mol. The van der Waals surface area contributed by atoms with Gasteiger partial charge in [0.1, 0.15) is 23.0 Å². The van der Waals surface area contributed by atoms with E-state index in [0.717, 1.165) is 12.2 Å². The number of carbonyl (C=O) groups is 4. The second kappa shape index (κ2) is 23.7. The van der Waals surface area contributed by atoms with Crippen molar-refractivity contribution in [3.05, 3.63) is 155 Å². The number of nitrogens with two attached hydrogens (primary N) is 2. The first-order valence-electron chi connectivity index (χ1n) is 21.7. The van der Waals surface area contributed by atoms with Gasteiger partial charge in [-0.15, -0.1) is 0 Å². The lowest BCUT2D eigenvalue weighted by Gasteiger charge is -2.29. The highest BCUT2D eigenvalue weighted by Gasteiger charge is 2.57. The molecule has 1 atom stereocenters. The van der Waals surface area contributed by atoms with Gasteiger partial charge in [0.05, 0.1) is 30.3 Å². The number of ether oxygens (including phenoxy) is 4. The molecule has 0 saturated heterocycles. The lowest BCUT2D eigenvalue weighted by atomic mass is 9.83. The maximum atomic E-state index is 13.4. The van der Waals surface area contributed by atoms with Gasteiger partial charge in [0, 0.05) is 30.6 Å². The summed E-state index contributed by atoms with van der Waals surface area (Å²) in [5.41, 5.74) is 13.0. The molecule has 0 aromatic heterocycles. The Morgan fingerprint density at radius 3 is 1.27 bits per heavy atom. The van der Waals surface area contributed by atoms with Crippen molar-refractivity contribution < 1.29 is 92.2 Å². The van der Waals surface area contributed by atoms with Gasteiger partial charge in [0.25, 0.3) is 0 Å². The molecule has 73 heavy (non-hydrogen) atoms. The van der Waals surface area contributed by atoms with Crippen molar-refractivity contribution in [3.63, 3.8) is 0 Å². The van der Waals surface area contributed by atoms with Crippen molar-refractivity contribution in [2.24, 2.45) is 0 Å². The Balaban J connectivity index is 1.15. The van der Waals surface area contributed by atoms with Gasteiger partial charge in [-0.05, 0) is 133 Å². The zero-order valence-corrected chi connectivity index (χ0v) is 37.9. The van der Waals surface area contributed by atoms with Crippen LogP contribution in [0.25, 0.3) is 12.2 Å². The summed E-state index contributed by atoms with van der Waals surface area (Å²) in [7, 11) is 0. The van der Waals surface area contributed by atoms with E-state index in [1.165, 1.54) is 127 Å². The Bertz CT molecular complexity index is 2740. The van der Waals surface area contributed by atoms with Crippen LogP contribution in [0.4, 0.5) is 55.3 Å². The number of esters is 2. The Morgan fingerprint density at radius 2 is 0.890 bits per heavy atom. The van der Waals surface area contributed by atoms with E-state index in [4.69, 9.17) is 30.4 Å². The number of hydrogen-bond donors (Lipinski definition) is 4. The number of rotatable bonds is 23. The molecule has 0 aliphatic rings. The normalized spacial score (nSPS) is 12.9. The molecule has 0 amide bonds. The quantitative estimate of drug-likeness (QED) is 0.00920. The molecular weight excluding hydrogens is 991 g/mol. The van der Waals surface area contributed by atoms with E-state index in [1.54, 1.807) is 0 Å². The van der Waals surface area contributed by atoms with E-state index in [-0.39, 0.29) is 51.1 Å². The Morgan fingerprint density at radius 1 is 0.521 bits per heavy atom. The van der Waals surface area contributed by atoms with E-state index >= 15 is 0 Å². The third-order valence-corrected chi connectivity index (χ3v) is 10.5. The molecule has 0 heterocycles. The van der Waals surface area contributed by atoms with Gasteiger partial charge in [-0.3, -0.25) is 9.59 Å². The highest BCUT2D eigenvalue weighted by molar-refractivity contribution is 6.01. The van der Waals surface area contributed by atoms with Crippen molar-refractivity contribution in [1.82, 2.24) is 0 Å². The molecule has 6 N–H and O–H groups in total. The van der Waals surface area contributed by atoms with E-state index in [1.807, 2.05) is 0 Å². The van der Waals surface area contributed by atoms with E-state index in [2.05, 4.69) is 0 Å². The SMILES string of the molecule is Nc1cc(N)cc(C(CC(=O)C=Cc2ccc(C(=O)Oc3ccc(OCCCC(F)(F)C(F)(F)F)cc3)cc2)C(O)(O)C(=O)C=Cc2ccc(C(=O)Oc3ccc(OCCCC(F)(F)C(F)(F)F)cc3)cc2)c1. The second-order valence-electron chi connectivity index (χ2n) is 16.2. The molecule has 5 aromatic rings. The molecule has 12 nitrogen and oxygen atoms in total. The summed E-state index contributed by atoms with van der Waals surface area (Å²) < 4.78 is 147. The Kier molecular flexibility index (Phi) is 18.2. The van der Waals surface area contributed by atoms with Crippen molar-refractivity contribution >= 4 is 47.0 Å². The van der Waals surface area contributed by atoms with Crippen LogP contribution in [0.5, 0.6) is 23.0 Å². The summed E-state index contributed by atoms with van der Waals surface area (Å²) >= 11 is 0. The van der Waals surface area contributed by atoms with Crippen LogP contribution in [0.2, 0.25) is 0 Å². The van der Waals surface area contributed by atoms with Crippen LogP contribution in [-0.4, -0.2) is 76.9 Å². The van der Waals surface area contributed by atoms with E-state index in [0.29, 0.717) is 11.1 Å². The zero-order chi connectivity index (χ0) is 53.8. The second-order valence-corrected chi connectivity index (χ2v) is 16.2. The highest BCUT2D eigenvalue weighted by Crippen LogP contribution is 2.40. The highest BCUT2D eigenvalue weighted by atomic mass is 19.4. The minimum absolute atomic E-state index is 0.0421. The molecule has 5 rings (SSSR count). The van der Waals surface area contributed by atoms with Crippen LogP contribution >= 0.6 is 0 Å². The minimum atomic E-state index is -5.67. The number of carbonyl (C=O) groups excluding carboxylic acids is 4. The molecule has 0 spiro atoms. The van der Waals surface area contributed by atoms with Crippen molar-refractivity contribution in [2.45, 2.75) is 68.0 Å². The summed E-state index contributed by atoms with van der Waals surface area (Å²) in [4.78, 5) is 52.3. The van der Waals surface area contributed by atoms with Crippen molar-refractivity contribution in [3.8, 4) is 23.0 Å². The number of anilines is 2. The number of halogens is 10. The Hall–Kier alpha value is -7.72. The maximum absolute atomic E-state index is 13.4. The van der Waals surface area contributed by atoms with Gasteiger partial charge in [-0.1, -0.05) is 36.4 Å². The van der Waals surface area contributed by atoms with Gasteiger partial charge in [-0.25, -0.2) is 9.59 Å².